The number of hydrogen-bond acceptors (Lipinski definition) is 8. The summed E-state index contributed by atoms with van der Waals surface area (Å²) < 4.78 is 12.0. The summed E-state index contributed by atoms with van der Waals surface area (Å²) in [7, 11) is 0. The highest BCUT2D eigenvalue weighted by atomic mass is 79.9. The third kappa shape index (κ3) is 5.25. The van der Waals surface area contributed by atoms with Crippen molar-refractivity contribution in [1.82, 2.24) is 0 Å². The Labute approximate surface area is 222 Å². The van der Waals surface area contributed by atoms with Gasteiger partial charge in [0.05, 0.1) is 32.7 Å². The summed E-state index contributed by atoms with van der Waals surface area (Å²) in [6, 6.07) is 13.5. The number of nitro groups is 2. The second-order valence-corrected chi connectivity index (χ2v) is 9.79. The highest BCUT2D eigenvalue weighted by Gasteiger charge is 2.35. The molecular weight excluding hydrogens is 578 g/mol. The van der Waals surface area contributed by atoms with E-state index in [2.05, 4.69) is 15.9 Å². The van der Waals surface area contributed by atoms with Crippen LogP contribution in [0.3, 0.4) is 0 Å². The number of rotatable bonds is 8. The lowest BCUT2D eigenvalue weighted by Crippen LogP contribution is -2.27. The minimum atomic E-state index is -0.754. The summed E-state index contributed by atoms with van der Waals surface area (Å²) in [5, 5.41) is 22.8. The van der Waals surface area contributed by atoms with Crippen LogP contribution in [0.1, 0.15) is 17.9 Å². The number of halogens is 2. The minimum Gasteiger partial charge on any atom is -0.490 e. The fourth-order valence-electron chi connectivity index (χ4n) is 3.60. The predicted molar refractivity (Wildman–Crippen MR) is 139 cm³/mol. The molecule has 4 rings (SSSR count). The van der Waals surface area contributed by atoms with E-state index in [1.54, 1.807) is 48.2 Å². The topological polar surface area (TPSA) is 125 Å². The van der Waals surface area contributed by atoms with Crippen LogP contribution in [0.25, 0.3) is 0 Å². The number of benzene rings is 3. The first kappa shape index (κ1) is 25.7. The molecule has 13 heteroatoms. The van der Waals surface area contributed by atoms with Gasteiger partial charge in [0.15, 0.2) is 11.5 Å². The van der Waals surface area contributed by atoms with Crippen molar-refractivity contribution < 1.29 is 24.1 Å². The molecule has 0 radical (unpaired) electrons. The Morgan fingerprint density at radius 2 is 1.81 bits per heavy atom. The zero-order chi connectivity index (χ0) is 26.0. The van der Waals surface area contributed by atoms with Crippen molar-refractivity contribution in [2.75, 3.05) is 17.3 Å². The SMILES string of the molecule is CCOc1cc([C@@H]2SCC(=O)N2c2ccc(Cl)cc2)cc(Br)c1Oc1ccc([N+](=O)[O-])cc1[N+](=O)[O-]. The van der Waals surface area contributed by atoms with E-state index < -0.39 is 21.2 Å². The number of amides is 1. The maximum absolute atomic E-state index is 12.7. The quantitative estimate of drug-likeness (QED) is 0.204. The predicted octanol–water partition coefficient (Wildman–Crippen LogP) is 6.89. The first-order valence-corrected chi connectivity index (χ1v) is 12.7. The molecule has 0 bridgehead atoms. The van der Waals surface area contributed by atoms with Crippen molar-refractivity contribution in [3.63, 3.8) is 0 Å². The van der Waals surface area contributed by atoms with E-state index in [0.29, 0.717) is 15.2 Å². The van der Waals surface area contributed by atoms with Gasteiger partial charge in [0, 0.05) is 16.8 Å². The van der Waals surface area contributed by atoms with Gasteiger partial charge in [-0.3, -0.25) is 29.9 Å². The average Bonchev–Trinajstić information content (AvgIpc) is 3.23. The van der Waals surface area contributed by atoms with Crippen LogP contribution in [0.5, 0.6) is 17.2 Å². The summed E-state index contributed by atoms with van der Waals surface area (Å²) in [6.45, 7) is 2.04. The van der Waals surface area contributed by atoms with Gasteiger partial charge in [-0.05, 0) is 70.9 Å². The van der Waals surface area contributed by atoms with Crippen LogP contribution in [0.15, 0.2) is 59.1 Å². The number of thioether (sulfide) groups is 1. The van der Waals surface area contributed by atoms with Gasteiger partial charge in [-0.2, -0.15) is 0 Å². The van der Waals surface area contributed by atoms with Crippen LogP contribution >= 0.6 is 39.3 Å². The summed E-state index contributed by atoms with van der Waals surface area (Å²) in [4.78, 5) is 35.5. The van der Waals surface area contributed by atoms with E-state index in [0.717, 1.165) is 17.7 Å². The van der Waals surface area contributed by atoms with Gasteiger partial charge in [-0.1, -0.05) is 11.6 Å². The van der Waals surface area contributed by atoms with E-state index in [-0.39, 0.29) is 40.9 Å². The fraction of sp³-hybridized carbons (Fsp3) is 0.174. The lowest BCUT2D eigenvalue weighted by Gasteiger charge is -2.25. The Morgan fingerprint density at radius 1 is 1.08 bits per heavy atom. The lowest BCUT2D eigenvalue weighted by molar-refractivity contribution is -0.394. The number of carbonyl (C=O) groups is 1. The molecule has 1 fully saturated rings. The van der Waals surface area contributed by atoms with Crippen LogP contribution in [-0.2, 0) is 4.79 Å². The van der Waals surface area contributed by atoms with E-state index in [1.165, 1.54) is 17.8 Å². The third-order valence-corrected chi connectivity index (χ3v) is 7.20. The Balaban J connectivity index is 1.74. The van der Waals surface area contributed by atoms with Crippen molar-refractivity contribution in [1.29, 1.82) is 0 Å². The number of anilines is 1. The molecule has 0 aromatic heterocycles. The molecule has 3 aromatic rings. The molecule has 36 heavy (non-hydrogen) atoms. The van der Waals surface area contributed by atoms with Crippen molar-refractivity contribution in [3.8, 4) is 17.2 Å². The van der Waals surface area contributed by atoms with Crippen molar-refractivity contribution in [2.24, 2.45) is 0 Å². The first-order valence-electron chi connectivity index (χ1n) is 10.5. The molecule has 1 amide bonds. The number of carbonyl (C=O) groups excluding carboxylic acids is 1. The zero-order valence-electron chi connectivity index (χ0n) is 18.6. The Morgan fingerprint density at radius 3 is 2.44 bits per heavy atom. The van der Waals surface area contributed by atoms with Crippen LogP contribution in [0, 0.1) is 20.2 Å². The first-order chi connectivity index (χ1) is 17.2. The van der Waals surface area contributed by atoms with Crippen LogP contribution in [0.2, 0.25) is 5.02 Å². The molecule has 1 atom stereocenters. The summed E-state index contributed by atoms with van der Waals surface area (Å²) in [5.74, 6) is 0.467. The van der Waals surface area contributed by atoms with E-state index in [1.807, 2.05) is 0 Å². The normalized spacial score (nSPS) is 15.1. The van der Waals surface area contributed by atoms with E-state index >= 15 is 0 Å². The number of ether oxygens (including phenoxy) is 2. The lowest BCUT2D eigenvalue weighted by atomic mass is 10.1. The summed E-state index contributed by atoms with van der Waals surface area (Å²) in [5.41, 5.74) is 0.434. The van der Waals surface area contributed by atoms with Gasteiger partial charge < -0.3 is 9.47 Å². The molecule has 0 saturated carbocycles. The van der Waals surface area contributed by atoms with Crippen molar-refractivity contribution in [3.05, 3.63) is 89.9 Å². The Hall–Kier alpha value is -3.35. The Kier molecular flexibility index (Phi) is 7.67. The van der Waals surface area contributed by atoms with Gasteiger partial charge in [-0.15, -0.1) is 11.8 Å². The molecule has 3 aromatic carbocycles. The van der Waals surface area contributed by atoms with Gasteiger partial charge in [0.2, 0.25) is 11.7 Å². The maximum atomic E-state index is 12.7. The number of hydrogen-bond donors (Lipinski definition) is 0. The smallest absolute Gasteiger partial charge is 0.318 e. The van der Waals surface area contributed by atoms with E-state index in [9.17, 15) is 25.0 Å². The van der Waals surface area contributed by atoms with Crippen LogP contribution < -0.4 is 14.4 Å². The molecule has 0 aliphatic carbocycles. The highest BCUT2D eigenvalue weighted by molar-refractivity contribution is 9.10. The monoisotopic (exact) mass is 593 g/mol. The van der Waals surface area contributed by atoms with Crippen molar-refractivity contribution in [2.45, 2.75) is 12.3 Å². The summed E-state index contributed by atoms with van der Waals surface area (Å²) >= 11 is 10.9. The fourth-order valence-corrected chi connectivity index (χ4v) is 5.43. The molecule has 1 aliphatic heterocycles. The number of non-ortho nitro benzene ring substituents is 1. The number of nitrogens with zero attached hydrogens (tertiary/aromatic N) is 3. The van der Waals surface area contributed by atoms with Crippen LogP contribution in [0.4, 0.5) is 17.1 Å². The molecule has 1 saturated heterocycles. The van der Waals surface area contributed by atoms with Gasteiger partial charge >= 0.3 is 5.69 Å². The second-order valence-electron chi connectivity index (χ2n) is 7.43. The molecule has 186 valence electrons. The van der Waals surface area contributed by atoms with Gasteiger partial charge in [-0.25, -0.2) is 0 Å². The minimum absolute atomic E-state index is 0.0664. The highest BCUT2D eigenvalue weighted by Crippen LogP contribution is 2.48. The molecule has 0 N–H and O–H groups in total. The molecule has 1 heterocycles. The molecule has 0 unspecified atom stereocenters. The van der Waals surface area contributed by atoms with Crippen molar-refractivity contribution >= 4 is 62.3 Å². The van der Waals surface area contributed by atoms with Gasteiger partial charge in [0.1, 0.15) is 5.37 Å². The molecular formula is C23H17BrClN3O7S. The largest absolute Gasteiger partial charge is 0.490 e. The molecule has 0 spiro atoms. The Bertz CT molecular complexity index is 1360. The second kappa shape index (κ2) is 10.7. The molecule has 1 aliphatic rings. The average molecular weight is 595 g/mol. The standard InChI is InChI=1S/C23H17BrClN3O7S/c1-2-34-20-10-13(23-26(21(29)12-36-23)15-5-3-14(25)4-6-15)9-17(24)22(20)35-19-8-7-16(27(30)31)11-18(19)28(32)33/h3-11,23H,2,12H2,1H3/t23-/m0/s1. The van der Waals surface area contributed by atoms with Gasteiger partial charge in [0.25, 0.3) is 5.69 Å². The third-order valence-electron chi connectivity index (χ3n) is 5.15. The zero-order valence-corrected chi connectivity index (χ0v) is 21.7. The summed E-state index contributed by atoms with van der Waals surface area (Å²) in [6.07, 6.45) is 0. The molecule has 10 nitrogen and oxygen atoms in total. The van der Waals surface area contributed by atoms with Crippen LogP contribution in [-0.4, -0.2) is 28.1 Å². The maximum Gasteiger partial charge on any atom is 0.318 e. The van der Waals surface area contributed by atoms with E-state index in [4.69, 9.17) is 21.1 Å². The number of nitro benzene ring substituents is 2.